The molecule has 16 heteroatoms. The molecule has 3 rings (SSSR count). The minimum atomic E-state index is -5.08. The largest absolute Gasteiger partial charge is 0.495 e. The molecular weight excluding hydrogens is 599 g/mol. The number of aliphatic hydroxyl groups excluding tert-OH is 1. The summed E-state index contributed by atoms with van der Waals surface area (Å²) in [5, 5.41) is 30.5. The molecule has 0 aromatic carbocycles. The van der Waals surface area contributed by atoms with Gasteiger partial charge in [0.1, 0.15) is 23.9 Å². The standard InChI is InChI=1S/C16H21Br2N5O4.C2HF3O2/c1-26-12-9(17)5-16(13(24)11(12)18)6-10(23-27-16)14(25)20-4-2-3-8-7-21-15(19)22-8;3-2(4,5)1(6)7/h5,7,13,15,21-22,24H,2-4,6,19H2,1H3,(H,20,25);(H,6,7)/t13-,15?,16+;/m1./s1. The Hall–Kier alpha value is -2.30. The minimum Gasteiger partial charge on any atom is -0.495 e. The summed E-state index contributed by atoms with van der Waals surface area (Å²) in [6, 6.07) is 0. The minimum absolute atomic E-state index is 0.146. The Labute approximate surface area is 208 Å². The van der Waals surface area contributed by atoms with Crippen LogP contribution in [0.4, 0.5) is 13.2 Å². The van der Waals surface area contributed by atoms with Crippen molar-refractivity contribution >= 4 is 49.4 Å². The molecule has 190 valence electrons. The molecule has 11 nitrogen and oxygen atoms in total. The fourth-order valence-corrected chi connectivity index (χ4v) is 4.81. The number of carbonyl (C=O) groups is 2. The normalized spacial score (nSPS) is 25.7. The van der Waals surface area contributed by atoms with Crippen molar-refractivity contribution in [2.24, 2.45) is 10.9 Å². The number of allylic oxidation sites excluding steroid dienone is 2. The summed E-state index contributed by atoms with van der Waals surface area (Å²) < 4.78 is 38.0. The van der Waals surface area contributed by atoms with Crippen molar-refractivity contribution in [1.82, 2.24) is 16.0 Å². The first-order valence-corrected chi connectivity index (χ1v) is 11.2. The fourth-order valence-electron chi connectivity index (χ4n) is 3.02. The van der Waals surface area contributed by atoms with E-state index in [1.54, 1.807) is 6.08 Å². The number of methoxy groups -OCH3 is 1. The average molecular weight is 621 g/mol. The Morgan fingerprint density at radius 1 is 1.44 bits per heavy atom. The van der Waals surface area contributed by atoms with Gasteiger partial charge >= 0.3 is 12.1 Å². The lowest BCUT2D eigenvalue weighted by atomic mass is 9.87. The molecule has 1 unspecified atom stereocenters. The van der Waals surface area contributed by atoms with Gasteiger partial charge in [-0.05, 0) is 50.8 Å². The van der Waals surface area contributed by atoms with Crippen molar-refractivity contribution in [2.75, 3.05) is 13.7 Å². The van der Waals surface area contributed by atoms with E-state index in [0.717, 1.165) is 18.5 Å². The molecule has 1 spiro atoms. The maximum Gasteiger partial charge on any atom is 0.490 e. The van der Waals surface area contributed by atoms with Gasteiger partial charge in [0.25, 0.3) is 5.91 Å². The van der Waals surface area contributed by atoms with Crippen molar-refractivity contribution in [2.45, 2.75) is 43.4 Å². The van der Waals surface area contributed by atoms with Gasteiger partial charge < -0.3 is 35.7 Å². The number of alkyl halides is 3. The molecule has 3 atom stereocenters. The van der Waals surface area contributed by atoms with E-state index in [9.17, 15) is 23.1 Å². The molecule has 2 heterocycles. The number of nitrogens with two attached hydrogens (primary N) is 1. The topological polar surface area (TPSA) is 168 Å². The number of oxime groups is 1. The maximum atomic E-state index is 12.4. The van der Waals surface area contributed by atoms with Crippen LogP contribution in [-0.2, 0) is 19.2 Å². The molecule has 0 saturated heterocycles. The molecule has 0 aromatic rings. The summed E-state index contributed by atoms with van der Waals surface area (Å²) in [5.41, 5.74) is 5.75. The number of hydrogen-bond acceptors (Lipinski definition) is 9. The lowest BCUT2D eigenvalue weighted by molar-refractivity contribution is -0.192. The number of halogens is 5. The zero-order valence-electron chi connectivity index (χ0n) is 17.6. The van der Waals surface area contributed by atoms with Crippen LogP contribution in [0.25, 0.3) is 0 Å². The number of hydrogen-bond donors (Lipinski definition) is 6. The van der Waals surface area contributed by atoms with Crippen molar-refractivity contribution in [3.05, 3.63) is 32.7 Å². The summed E-state index contributed by atoms with van der Waals surface area (Å²) in [6.45, 7) is 0.485. The van der Waals surface area contributed by atoms with Crippen LogP contribution in [-0.4, -0.2) is 65.6 Å². The number of ether oxygens (including phenoxy) is 1. The number of carboxylic acids is 1. The second-order valence-electron chi connectivity index (χ2n) is 7.16. The van der Waals surface area contributed by atoms with Gasteiger partial charge in [-0.1, -0.05) is 5.16 Å². The van der Waals surface area contributed by atoms with Crippen LogP contribution in [0.2, 0.25) is 0 Å². The van der Waals surface area contributed by atoms with Gasteiger partial charge in [0, 0.05) is 24.9 Å². The summed E-state index contributed by atoms with van der Waals surface area (Å²) in [4.78, 5) is 26.7. The third-order valence-corrected chi connectivity index (χ3v) is 6.06. The summed E-state index contributed by atoms with van der Waals surface area (Å²) in [7, 11) is 1.50. The highest BCUT2D eigenvalue weighted by molar-refractivity contribution is 9.12. The number of nitrogens with zero attached hydrogens (tertiary/aromatic N) is 1. The average Bonchev–Trinajstić information content (AvgIpc) is 3.36. The molecule has 1 amide bonds. The Morgan fingerprint density at radius 2 is 2.09 bits per heavy atom. The highest BCUT2D eigenvalue weighted by Gasteiger charge is 2.50. The first-order chi connectivity index (χ1) is 15.8. The maximum absolute atomic E-state index is 12.4. The van der Waals surface area contributed by atoms with E-state index >= 15 is 0 Å². The predicted octanol–water partition coefficient (Wildman–Crippen LogP) is 1.21. The Balaban J connectivity index is 0.000000509. The molecule has 34 heavy (non-hydrogen) atoms. The SMILES string of the molecule is COC1=C(Br)[C@@H](O)[C@]2(C=C1Br)CC(C(=O)NCCCC1=CNC(N)N1)=NO2.O=C(O)C(F)(F)F. The number of aliphatic hydroxyl groups is 1. The molecule has 0 bridgehead atoms. The summed E-state index contributed by atoms with van der Waals surface area (Å²) in [5.74, 6) is -2.60. The molecule has 1 aliphatic carbocycles. The number of rotatable bonds is 6. The highest BCUT2D eigenvalue weighted by atomic mass is 79.9. The number of amides is 1. The highest BCUT2D eigenvalue weighted by Crippen LogP contribution is 2.43. The van der Waals surface area contributed by atoms with Gasteiger partial charge in [0.05, 0.1) is 16.1 Å². The Kier molecular flexibility index (Phi) is 9.38. The van der Waals surface area contributed by atoms with Crippen LogP contribution in [0.15, 0.2) is 37.9 Å². The molecule has 7 N–H and O–H groups in total. The third-order valence-electron chi connectivity index (χ3n) is 4.67. The second-order valence-corrected chi connectivity index (χ2v) is 8.87. The van der Waals surface area contributed by atoms with E-state index in [1.165, 1.54) is 7.11 Å². The molecule has 0 saturated carbocycles. The first kappa shape index (κ1) is 27.9. The monoisotopic (exact) mass is 619 g/mol. The van der Waals surface area contributed by atoms with E-state index in [4.69, 9.17) is 25.2 Å². The lowest BCUT2D eigenvalue weighted by Crippen LogP contribution is -2.45. The summed E-state index contributed by atoms with van der Waals surface area (Å²) >= 11 is 6.72. The molecule has 0 aromatic heterocycles. The van der Waals surface area contributed by atoms with E-state index < -0.39 is 23.9 Å². The number of carbonyl (C=O) groups excluding carboxylic acids is 1. The van der Waals surface area contributed by atoms with E-state index in [2.05, 4.69) is 53.0 Å². The van der Waals surface area contributed by atoms with Gasteiger partial charge in [0.2, 0.25) is 0 Å². The molecule has 0 radical (unpaired) electrons. The fraction of sp³-hybridized carbons (Fsp3) is 0.500. The molecule has 0 fully saturated rings. The number of nitrogens with one attached hydrogen (secondary N) is 3. The van der Waals surface area contributed by atoms with Gasteiger partial charge in [-0.3, -0.25) is 10.5 Å². The number of carboxylic acid groups (broad SMARTS) is 1. The van der Waals surface area contributed by atoms with E-state index in [0.29, 0.717) is 21.3 Å². The predicted molar refractivity (Wildman–Crippen MR) is 120 cm³/mol. The van der Waals surface area contributed by atoms with Crippen LogP contribution in [0.1, 0.15) is 19.3 Å². The van der Waals surface area contributed by atoms with Gasteiger partial charge in [-0.15, -0.1) is 0 Å². The van der Waals surface area contributed by atoms with Crippen LogP contribution >= 0.6 is 31.9 Å². The van der Waals surface area contributed by atoms with E-state index in [-0.39, 0.29) is 24.3 Å². The molecule has 3 aliphatic rings. The van der Waals surface area contributed by atoms with Crippen LogP contribution in [0.3, 0.4) is 0 Å². The molecular formula is C18H22Br2F3N5O6. The zero-order chi connectivity index (χ0) is 25.7. The smallest absolute Gasteiger partial charge is 0.490 e. The summed E-state index contributed by atoms with van der Waals surface area (Å²) in [6.07, 6.45) is -1.22. The second kappa shape index (κ2) is 11.4. The van der Waals surface area contributed by atoms with Crippen LogP contribution in [0.5, 0.6) is 0 Å². The Bertz CT molecular complexity index is 940. The molecule has 2 aliphatic heterocycles. The zero-order valence-corrected chi connectivity index (χ0v) is 20.8. The van der Waals surface area contributed by atoms with Crippen molar-refractivity contribution in [3.8, 4) is 0 Å². The van der Waals surface area contributed by atoms with Gasteiger partial charge in [-0.2, -0.15) is 13.2 Å². The Morgan fingerprint density at radius 3 is 2.62 bits per heavy atom. The van der Waals surface area contributed by atoms with Gasteiger partial charge in [0.15, 0.2) is 5.60 Å². The van der Waals surface area contributed by atoms with E-state index in [1.807, 2.05) is 6.20 Å². The van der Waals surface area contributed by atoms with Crippen molar-refractivity contribution < 1.29 is 42.5 Å². The van der Waals surface area contributed by atoms with Crippen LogP contribution in [0, 0.1) is 0 Å². The number of aliphatic carboxylic acids is 1. The first-order valence-electron chi connectivity index (χ1n) is 9.61. The third kappa shape index (κ3) is 6.86. The lowest BCUT2D eigenvalue weighted by Gasteiger charge is -2.33. The van der Waals surface area contributed by atoms with Crippen LogP contribution < -0.4 is 21.7 Å². The van der Waals surface area contributed by atoms with Gasteiger partial charge in [-0.25, -0.2) is 4.79 Å². The quantitative estimate of drug-likeness (QED) is 0.239. The van der Waals surface area contributed by atoms with Crippen molar-refractivity contribution in [3.63, 3.8) is 0 Å². The van der Waals surface area contributed by atoms with Crippen molar-refractivity contribution in [1.29, 1.82) is 0 Å².